The second kappa shape index (κ2) is 6.80. The number of nitrogens with zero attached hydrogens (tertiary/aromatic N) is 5. The topological polar surface area (TPSA) is 110 Å². The van der Waals surface area contributed by atoms with Gasteiger partial charge in [0.05, 0.1) is 16.3 Å². The first-order valence-electron chi connectivity index (χ1n) is 8.96. The Morgan fingerprint density at radius 3 is 2.39 bits per heavy atom. The van der Waals surface area contributed by atoms with Crippen molar-refractivity contribution in [3.8, 4) is 5.69 Å². The first kappa shape index (κ1) is 18.8. The minimum Gasteiger partial charge on any atom is -0.314 e. The van der Waals surface area contributed by atoms with Crippen LogP contribution in [0, 0.1) is 6.92 Å². The molecule has 1 aromatic carbocycles. The van der Waals surface area contributed by atoms with Crippen LogP contribution in [0.15, 0.2) is 40.3 Å². The van der Waals surface area contributed by atoms with Crippen molar-refractivity contribution in [3.63, 3.8) is 0 Å². The third kappa shape index (κ3) is 3.23. The van der Waals surface area contributed by atoms with Crippen molar-refractivity contribution < 1.29 is 13.6 Å². The van der Waals surface area contributed by atoms with Crippen LogP contribution >= 0.6 is 0 Å². The predicted octanol–water partition coefficient (Wildman–Crippen LogP) is 1.32. The van der Waals surface area contributed by atoms with E-state index in [-0.39, 0.29) is 16.5 Å². The zero-order valence-electron chi connectivity index (χ0n) is 15.6. The quantitative estimate of drug-likeness (QED) is 0.702. The summed E-state index contributed by atoms with van der Waals surface area (Å²) >= 11 is 0. The molecule has 3 heterocycles. The van der Waals surface area contributed by atoms with E-state index in [4.69, 9.17) is 0 Å². The van der Waals surface area contributed by atoms with Crippen LogP contribution in [0.3, 0.4) is 0 Å². The van der Waals surface area contributed by atoms with E-state index in [1.807, 2.05) is 0 Å². The molecule has 3 aromatic rings. The summed E-state index contributed by atoms with van der Waals surface area (Å²) < 4.78 is 26.5. The monoisotopic (exact) mass is 403 g/mol. The molecule has 1 aliphatic heterocycles. The summed E-state index contributed by atoms with van der Waals surface area (Å²) in [6.07, 6.45) is 4.03. The van der Waals surface area contributed by atoms with E-state index >= 15 is 0 Å². The largest absolute Gasteiger partial charge is 0.314 e. The number of aromatic nitrogens is 4. The fourth-order valence-corrected chi connectivity index (χ4v) is 4.22. The molecule has 0 aliphatic carbocycles. The molecular formula is C18H21N5O4S. The molecule has 0 unspecified atom stereocenters. The van der Waals surface area contributed by atoms with Crippen LogP contribution in [0.4, 0.5) is 0 Å². The molecule has 0 saturated carbocycles. The van der Waals surface area contributed by atoms with Crippen molar-refractivity contribution in [2.24, 2.45) is 0 Å². The highest BCUT2D eigenvalue weighted by atomic mass is 32.2. The van der Waals surface area contributed by atoms with Crippen LogP contribution in [0.25, 0.3) is 16.7 Å². The third-order valence-corrected chi connectivity index (χ3v) is 6.26. The molecular weight excluding hydrogens is 382 g/mol. The molecule has 1 saturated heterocycles. The van der Waals surface area contributed by atoms with Gasteiger partial charge in [-0.2, -0.15) is 10.2 Å². The van der Waals surface area contributed by atoms with Gasteiger partial charge in [-0.25, -0.2) is 18.1 Å². The molecule has 0 radical (unpaired) electrons. The highest BCUT2D eigenvalue weighted by molar-refractivity contribution is 7.90. The number of fused-ring (bicyclic) bond motifs is 1. The smallest absolute Gasteiger partial charge is 0.265 e. The number of hydrogen-bond donors (Lipinski definition) is 1. The molecule has 0 spiro atoms. The SMILES string of the molecule is Cc1nn(-c2ccc(S(C)(=O)=O)cc2)c2ncn(C3CCN(O)CC3)c(=O)c12. The maximum Gasteiger partial charge on any atom is 0.265 e. The fourth-order valence-electron chi connectivity index (χ4n) is 3.59. The first-order valence-corrected chi connectivity index (χ1v) is 10.9. The second-order valence-electron chi connectivity index (χ2n) is 7.10. The van der Waals surface area contributed by atoms with Gasteiger partial charge in [0.1, 0.15) is 11.7 Å². The molecule has 1 fully saturated rings. The number of benzene rings is 1. The van der Waals surface area contributed by atoms with Gasteiger partial charge in [0.2, 0.25) is 0 Å². The summed E-state index contributed by atoms with van der Waals surface area (Å²) in [5.41, 5.74) is 1.47. The standard InChI is InChI=1S/C18H21N5O4S/c1-12-16-17(19-11-22(18(16)24)13-7-9-21(25)10-8-13)23(20-12)14-3-5-15(6-4-14)28(2,26)27/h3-6,11,13,25H,7-10H2,1-2H3. The van der Waals surface area contributed by atoms with Gasteiger partial charge in [0.15, 0.2) is 15.5 Å². The van der Waals surface area contributed by atoms with Gasteiger partial charge >= 0.3 is 0 Å². The lowest BCUT2D eigenvalue weighted by molar-refractivity contribution is -0.110. The Bertz CT molecular complexity index is 1190. The molecule has 28 heavy (non-hydrogen) atoms. The molecule has 2 aromatic heterocycles. The van der Waals surface area contributed by atoms with Crippen molar-refractivity contribution >= 4 is 20.9 Å². The molecule has 1 aliphatic rings. The lowest BCUT2D eigenvalue weighted by Crippen LogP contribution is -2.35. The molecule has 0 amide bonds. The maximum absolute atomic E-state index is 13.1. The summed E-state index contributed by atoms with van der Waals surface area (Å²) in [6, 6.07) is 6.30. The van der Waals surface area contributed by atoms with Gasteiger partial charge in [-0.05, 0) is 44.0 Å². The van der Waals surface area contributed by atoms with Crippen molar-refractivity contribution in [1.82, 2.24) is 24.4 Å². The molecule has 4 rings (SSSR count). The Morgan fingerprint density at radius 1 is 1.14 bits per heavy atom. The van der Waals surface area contributed by atoms with Crippen molar-refractivity contribution in [2.75, 3.05) is 19.3 Å². The zero-order chi connectivity index (χ0) is 20.1. The predicted molar refractivity (Wildman–Crippen MR) is 103 cm³/mol. The molecule has 0 bridgehead atoms. The number of sulfone groups is 1. The van der Waals surface area contributed by atoms with E-state index < -0.39 is 9.84 Å². The average Bonchev–Trinajstić information content (AvgIpc) is 3.00. The second-order valence-corrected chi connectivity index (χ2v) is 9.12. The lowest BCUT2D eigenvalue weighted by Gasteiger charge is -2.28. The molecule has 1 N–H and O–H groups in total. The van der Waals surface area contributed by atoms with E-state index in [1.54, 1.807) is 28.3 Å². The minimum absolute atomic E-state index is 0.00963. The van der Waals surface area contributed by atoms with Crippen LogP contribution < -0.4 is 5.56 Å². The fraction of sp³-hybridized carbons (Fsp3) is 0.389. The first-order chi connectivity index (χ1) is 13.3. The van der Waals surface area contributed by atoms with Crippen molar-refractivity contribution in [2.45, 2.75) is 30.7 Å². The summed E-state index contributed by atoms with van der Waals surface area (Å²) in [4.78, 5) is 17.8. The van der Waals surface area contributed by atoms with Crippen LogP contribution in [0.2, 0.25) is 0 Å². The molecule has 10 heteroatoms. The summed E-state index contributed by atoms with van der Waals surface area (Å²) in [5, 5.41) is 15.7. The molecule has 0 atom stereocenters. The van der Waals surface area contributed by atoms with E-state index in [9.17, 15) is 18.4 Å². The Morgan fingerprint density at radius 2 is 1.79 bits per heavy atom. The van der Waals surface area contributed by atoms with E-state index in [2.05, 4.69) is 10.1 Å². The van der Waals surface area contributed by atoms with Gasteiger partial charge in [0.25, 0.3) is 5.56 Å². The van der Waals surface area contributed by atoms with E-state index in [0.29, 0.717) is 48.3 Å². The highest BCUT2D eigenvalue weighted by Crippen LogP contribution is 2.23. The van der Waals surface area contributed by atoms with Gasteiger partial charge < -0.3 is 5.21 Å². The normalized spacial score (nSPS) is 16.7. The molecule has 148 valence electrons. The highest BCUT2D eigenvalue weighted by Gasteiger charge is 2.23. The number of piperidine rings is 1. The number of aryl methyl sites for hydroxylation is 1. The van der Waals surface area contributed by atoms with Crippen LogP contribution in [-0.4, -0.2) is 57.4 Å². The molecule has 9 nitrogen and oxygen atoms in total. The van der Waals surface area contributed by atoms with Crippen LogP contribution in [0.5, 0.6) is 0 Å². The maximum atomic E-state index is 13.1. The third-order valence-electron chi connectivity index (χ3n) is 5.13. The number of hydrogen-bond acceptors (Lipinski definition) is 7. The Labute approximate surface area is 161 Å². The summed E-state index contributed by atoms with van der Waals surface area (Å²) in [7, 11) is -3.29. The number of hydroxylamine groups is 2. The van der Waals surface area contributed by atoms with Gasteiger partial charge in [-0.3, -0.25) is 9.36 Å². The summed E-state index contributed by atoms with van der Waals surface area (Å²) in [6.45, 7) is 2.79. The lowest BCUT2D eigenvalue weighted by atomic mass is 10.1. The Hall–Kier alpha value is -2.56. The minimum atomic E-state index is -3.29. The van der Waals surface area contributed by atoms with Gasteiger partial charge in [0, 0.05) is 25.4 Å². The van der Waals surface area contributed by atoms with E-state index in [0.717, 1.165) is 6.26 Å². The van der Waals surface area contributed by atoms with Crippen LogP contribution in [0.1, 0.15) is 24.6 Å². The van der Waals surface area contributed by atoms with Crippen LogP contribution in [-0.2, 0) is 9.84 Å². The summed E-state index contributed by atoms with van der Waals surface area (Å²) in [5.74, 6) is 0. The average molecular weight is 403 g/mol. The van der Waals surface area contributed by atoms with Crippen molar-refractivity contribution in [3.05, 3.63) is 46.6 Å². The van der Waals surface area contributed by atoms with Gasteiger partial charge in [-0.1, -0.05) is 0 Å². The zero-order valence-corrected chi connectivity index (χ0v) is 16.4. The van der Waals surface area contributed by atoms with E-state index in [1.165, 1.54) is 23.5 Å². The van der Waals surface area contributed by atoms with Crippen molar-refractivity contribution in [1.29, 1.82) is 0 Å². The number of rotatable bonds is 3. The Balaban J connectivity index is 1.78. The Kier molecular flexibility index (Phi) is 4.56. The van der Waals surface area contributed by atoms with Gasteiger partial charge in [-0.15, -0.1) is 0 Å².